The first kappa shape index (κ1) is 42.4. The Balaban J connectivity index is 1.14. The number of anilines is 1. The van der Waals surface area contributed by atoms with Crippen LogP contribution in [0, 0.1) is 0 Å². The second-order valence-electron chi connectivity index (χ2n) is 12.7. The first-order chi connectivity index (χ1) is 27.1. The van der Waals surface area contributed by atoms with Crippen LogP contribution < -0.4 is 33.7 Å². The lowest BCUT2D eigenvalue weighted by atomic mass is 10.1. The number of allylic oxidation sites excluding steroid dienone is 2. The van der Waals surface area contributed by atoms with Crippen molar-refractivity contribution in [3.8, 4) is 34.5 Å². The molecule has 0 radical (unpaired) electrons. The van der Waals surface area contributed by atoms with Crippen LogP contribution in [0.5, 0.6) is 34.5 Å². The second-order valence-corrected chi connectivity index (χ2v) is 12.7. The summed E-state index contributed by atoms with van der Waals surface area (Å²) in [6.07, 6.45) is 8.84. The molecule has 294 valence electrons. The number of benzene rings is 4. The number of Topliss-reactive ketones (excluding diaryl/α,β-unsaturated/α-hetero) is 1. The summed E-state index contributed by atoms with van der Waals surface area (Å²) in [5, 5.41) is 2.72. The summed E-state index contributed by atoms with van der Waals surface area (Å²) in [4.78, 5) is 47.7. The van der Waals surface area contributed by atoms with Crippen molar-refractivity contribution in [2.45, 2.75) is 46.0 Å². The molecule has 0 aliphatic rings. The molecular weight excluding hydrogens is 714 g/mol. The number of hydrogen-bond donors (Lipinski definition) is 1. The lowest BCUT2D eigenvalue weighted by Gasteiger charge is -2.12. The van der Waals surface area contributed by atoms with E-state index in [2.05, 4.69) is 5.32 Å². The Bertz CT molecular complexity index is 1970. The summed E-state index contributed by atoms with van der Waals surface area (Å²) >= 11 is 0. The predicted molar refractivity (Wildman–Crippen MR) is 216 cm³/mol. The molecule has 0 saturated heterocycles. The monoisotopic (exact) mass is 763 g/mol. The summed E-state index contributed by atoms with van der Waals surface area (Å²) in [5.74, 6) is 2.89. The van der Waals surface area contributed by atoms with Crippen LogP contribution in [0.1, 0.15) is 67.4 Å². The van der Waals surface area contributed by atoms with Gasteiger partial charge in [-0.15, -0.1) is 0 Å². The third kappa shape index (κ3) is 14.8. The van der Waals surface area contributed by atoms with Crippen molar-refractivity contribution in [3.63, 3.8) is 0 Å². The molecular formula is C45H49NO10. The van der Waals surface area contributed by atoms with Gasteiger partial charge in [-0.3, -0.25) is 19.2 Å². The SMILES string of the molecule is COc1cc(/C=C/C(=O)CC(=O)/C=C/c2ccc(OCCCCOc3ccc(C(C)=O)cc3)c(OC)c2)ccc1OCCCCOc1ccc(NC(C)=O)cc1. The normalized spacial score (nSPS) is 10.9. The number of hydrogen-bond acceptors (Lipinski definition) is 10. The van der Waals surface area contributed by atoms with E-state index in [0.717, 1.165) is 48.2 Å². The van der Waals surface area contributed by atoms with Crippen LogP contribution in [-0.2, 0) is 14.4 Å². The van der Waals surface area contributed by atoms with Crippen LogP contribution in [0.25, 0.3) is 12.2 Å². The molecule has 0 aliphatic heterocycles. The molecule has 0 bridgehead atoms. The molecule has 0 saturated carbocycles. The molecule has 11 heteroatoms. The van der Waals surface area contributed by atoms with Crippen molar-refractivity contribution in [2.24, 2.45) is 0 Å². The summed E-state index contributed by atoms with van der Waals surface area (Å²) < 4.78 is 34.3. The van der Waals surface area contributed by atoms with E-state index in [-0.39, 0.29) is 29.7 Å². The molecule has 0 atom stereocenters. The molecule has 0 spiro atoms. The van der Waals surface area contributed by atoms with Crippen molar-refractivity contribution in [3.05, 3.63) is 114 Å². The highest BCUT2D eigenvalue weighted by atomic mass is 16.5. The Hall–Kier alpha value is -6.36. The van der Waals surface area contributed by atoms with E-state index >= 15 is 0 Å². The van der Waals surface area contributed by atoms with E-state index in [9.17, 15) is 19.2 Å². The number of rotatable bonds is 24. The Labute approximate surface area is 328 Å². The van der Waals surface area contributed by atoms with Crippen LogP contribution in [-0.4, -0.2) is 63.9 Å². The molecule has 0 aliphatic carbocycles. The molecule has 56 heavy (non-hydrogen) atoms. The maximum Gasteiger partial charge on any atom is 0.221 e. The lowest BCUT2D eigenvalue weighted by molar-refractivity contribution is -0.122. The lowest BCUT2D eigenvalue weighted by Crippen LogP contribution is -2.06. The zero-order chi connectivity index (χ0) is 40.1. The number of carbonyl (C=O) groups is 4. The van der Waals surface area contributed by atoms with E-state index in [4.69, 9.17) is 28.4 Å². The number of amides is 1. The zero-order valence-corrected chi connectivity index (χ0v) is 32.3. The molecule has 1 N–H and O–H groups in total. The maximum absolute atomic E-state index is 12.6. The van der Waals surface area contributed by atoms with Gasteiger partial charge < -0.3 is 33.7 Å². The van der Waals surface area contributed by atoms with Crippen molar-refractivity contribution < 1.29 is 47.6 Å². The molecule has 11 nitrogen and oxygen atoms in total. The Morgan fingerprint density at radius 2 is 0.964 bits per heavy atom. The van der Waals surface area contributed by atoms with Gasteiger partial charge in [-0.1, -0.05) is 24.3 Å². The summed E-state index contributed by atoms with van der Waals surface area (Å²) in [7, 11) is 3.10. The fraction of sp³-hybridized carbons (Fsp3) is 0.289. The summed E-state index contributed by atoms with van der Waals surface area (Å²) in [6, 6.07) is 25.0. The average molecular weight is 764 g/mol. The van der Waals surface area contributed by atoms with E-state index in [0.29, 0.717) is 60.7 Å². The number of ketones is 3. The highest BCUT2D eigenvalue weighted by Crippen LogP contribution is 2.30. The largest absolute Gasteiger partial charge is 0.494 e. The quantitative estimate of drug-likeness (QED) is 0.0320. The molecule has 4 aromatic rings. The van der Waals surface area contributed by atoms with Crippen molar-refractivity contribution in [2.75, 3.05) is 46.0 Å². The van der Waals surface area contributed by atoms with E-state index in [1.54, 1.807) is 87.0 Å². The van der Waals surface area contributed by atoms with Crippen LogP contribution in [0.3, 0.4) is 0 Å². The first-order valence-corrected chi connectivity index (χ1v) is 18.4. The Morgan fingerprint density at radius 3 is 1.38 bits per heavy atom. The van der Waals surface area contributed by atoms with Gasteiger partial charge >= 0.3 is 0 Å². The maximum atomic E-state index is 12.6. The van der Waals surface area contributed by atoms with Gasteiger partial charge in [0.2, 0.25) is 5.91 Å². The zero-order valence-electron chi connectivity index (χ0n) is 32.3. The Morgan fingerprint density at radius 1 is 0.536 bits per heavy atom. The van der Waals surface area contributed by atoms with Gasteiger partial charge in [-0.05, 0) is 129 Å². The first-order valence-electron chi connectivity index (χ1n) is 18.4. The van der Waals surface area contributed by atoms with E-state index < -0.39 is 0 Å². The van der Waals surface area contributed by atoms with Gasteiger partial charge in [-0.25, -0.2) is 0 Å². The summed E-state index contributed by atoms with van der Waals surface area (Å²) in [6.45, 7) is 4.97. The minimum Gasteiger partial charge on any atom is -0.494 e. The number of unbranched alkanes of at least 4 members (excludes halogenated alkanes) is 2. The standard InChI is InChI=1S/C45H49NO10/c1-32(47)36-13-19-40(20-14-36)53-25-5-7-27-55-42-23-11-34(29-44(42)51-3)9-17-38(49)31-39(50)18-10-35-12-24-43(45(30-35)52-4)56-28-8-6-26-54-41-21-15-37(16-22-41)46-33(2)48/h9-24,29-30H,5-8,25-28,31H2,1-4H3,(H,46,48)/b17-9+,18-10+. The fourth-order valence-electron chi connectivity index (χ4n) is 5.26. The highest BCUT2D eigenvalue weighted by Gasteiger charge is 2.09. The minimum atomic E-state index is -0.331. The van der Waals surface area contributed by atoms with Crippen LogP contribution in [0.4, 0.5) is 5.69 Å². The molecule has 4 aromatic carbocycles. The van der Waals surface area contributed by atoms with Gasteiger partial charge in [0, 0.05) is 18.2 Å². The average Bonchev–Trinajstić information content (AvgIpc) is 3.19. The molecule has 1 amide bonds. The van der Waals surface area contributed by atoms with Crippen LogP contribution in [0.15, 0.2) is 97.1 Å². The van der Waals surface area contributed by atoms with Gasteiger partial charge in [0.1, 0.15) is 11.5 Å². The third-order valence-electron chi connectivity index (χ3n) is 8.21. The molecule has 0 unspecified atom stereocenters. The van der Waals surface area contributed by atoms with Gasteiger partial charge in [0.05, 0.1) is 47.1 Å². The smallest absolute Gasteiger partial charge is 0.221 e. The molecule has 0 fully saturated rings. The van der Waals surface area contributed by atoms with Gasteiger partial charge in [0.15, 0.2) is 40.3 Å². The van der Waals surface area contributed by atoms with Gasteiger partial charge in [-0.2, -0.15) is 0 Å². The Kier molecular flexibility index (Phi) is 17.2. The van der Waals surface area contributed by atoms with Crippen LogP contribution >= 0.6 is 0 Å². The molecule has 0 heterocycles. The van der Waals surface area contributed by atoms with Crippen molar-refractivity contribution in [1.29, 1.82) is 0 Å². The van der Waals surface area contributed by atoms with Crippen LogP contribution in [0.2, 0.25) is 0 Å². The van der Waals surface area contributed by atoms with E-state index in [1.165, 1.54) is 26.0 Å². The molecule has 0 aromatic heterocycles. The number of carbonyl (C=O) groups excluding carboxylic acids is 4. The number of ether oxygens (including phenoxy) is 6. The minimum absolute atomic E-state index is 0.0175. The van der Waals surface area contributed by atoms with Crippen molar-refractivity contribution >= 4 is 41.1 Å². The van der Waals surface area contributed by atoms with Gasteiger partial charge in [0.25, 0.3) is 0 Å². The second kappa shape index (κ2) is 22.8. The van der Waals surface area contributed by atoms with Crippen molar-refractivity contribution in [1.82, 2.24) is 0 Å². The predicted octanol–water partition coefficient (Wildman–Crippen LogP) is 8.60. The van der Waals surface area contributed by atoms with E-state index in [1.807, 2.05) is 24.3 Å². The molecule has 4 rings (SSSR count). The highest BCUT2D eigenvalue weighted by molar-refractivity contribution is 6.11. The third-order valence-corrected chi connectivity index (χ3v) is 8.21. The topological polar surface area (TPSA) is 136 Å². The summed E-state index contributed by atoms with van der Waals surface area (Å²) in [5.41, 5.74) is 2.82. The number of methoxy groups -OCH3 is 2. The number of nitrogens with one attached hydrogen (secondary N) is 1. The fourth-order valence-corrected chi connectivity index (χ4v) is 5.26.